The summed E-state index contributed by atoms with van der Waals surface area (Å²) in [4.78, 5) is 24.5. The first-order chi connectivity index (χ1) is 16.9. The Morgan fingerprint density at radius 3 is 2.69 bits per heavy atom. The van der Waals surface area contributed by atoms with Gasteiger partial charge in [0, 0.05) is 17.0 Å². The van der Waals surface area contributed by atoms with Gasteiger partial charge in [0.15, 0.2) is 0 Å². The molecular weight excluding hydrogens is 438 g/mol. The summed E-state index contributed by atoms with van der Waals surface area (Å²) in [5, 5.41) is 17.9. The van der Waals surface area contributed by atoms with Gasteiger partial charge in [0.2, 0.25) is 0 Å². The van der Waals surface area contributed by atoms with E-state index in [0.29, 0.717) is 18.0 Å². The highest BCUT2D eigenvalue weighted by Crippen LogP contribution is 2.58. The van der Waals surface area contributed by atoms with Crippen LogP contribution in [0.3, 0.4) is 0 Å². The average molecular weight is 468 g/mol. The number of carboxylic acids is 1. The van der Waals surface area contributed by atoms with Gasteiger partial charge in [-0.05, 0) is 80.0 Å². The highest BCUT2D eigenvalue weighted by Gasteiger charge is 2.55. The van der Waals surface area contributed by atoms with Crippen molar-refractivity contribution in [3.05, 3.63) is 64.8 Å². The summed E-state index contributed by atoms with van der Waals surface area (Å²) in [6, 6.07) is 12.5. The fourth-order valence-corrected chi connectivity index (χ4v) is 6.13. The first-order valence-electron chi connectivity index (χ1n) is 12.5. The minimum absolute atomic E-state index is 0.0917. The normalized spacial score (nSPS) is 24.8. The number of benzene rings is 2. The zero-order valence-electron chi connectivity index (χ0n) is 19.9. The van der Waals surface area contributed by atoms with Gasteiger partial charge in [-0.25, -0.2) is 0 Å². The second-order valence-electron chi connectivity index (χ2n) is 10.6. The number of fused-ring (bicyclic) bond motifs is 1. The Kier molecular flexibility index (Phi) is 5.17. The molecule has 1 heterocycles. The van der Waals surface area contributed by atoms with Crippen molar-refractivity contribution >= 4 is 22.8 Å². The molecule has 3 aromatic rings. The molecule has 6 heteroatoms. The molecule has 0 unspecified atom stereocenters. The predicted molar refractivity (Wildman–Crippen MR) is 133 cm³/mol. The lowest BCUT2D eigenvalue weighted by Gasteiger charge is -2.56. The molecule has 0 aliphatic heterocycles. The lowest BCUT2D eigenvalue weighted by Crippen LogP contribution is -2.57. The topological polar surface area (TPSA) is 84.2 Å². The minimum Gasteiger partial charge on any atom is -0.481 e. The van der Waals surface area contributed by atoms with Gasteiger partial charge in [0.25, 0.3) is 5.91 Å². The van der Waals surface area contributed by atoms with Crippen LogP contribution in [0.2, 0.25) is 0 Å². The Labute approximate surface area is 204 Å². The predicted octanol–water partition coefficient (Wildman–Crippen LogP) is 4.71. The third-order valence-corrected chi connectivity index (χ3v) is 8.04. The van der Waals surface area contributed by atoms with Crippen molar-refractivity contribution in [1.82, 2.24) is 15.1 Å². The molecule has 0 saturated heterocycles. The monoisotopic (exact) mass is 467 g/mol. The number of hydrogen-bond donors (Lipinski definition) is 2. The average Bonchev–Trinajstić information content (AvgIpc) is 3.56. The molecule has 1 amide bonds. The standard InChI is InChI=1S/C29H29N3O3/c1-2-4-20-9-10-24(27(33)31-23-14-29(15-23)12-22(13-29)28(34)35)26-25(20)16-30-32(26)17-18-5-3-6-21(11-18)19-7-8-19/h3,5-6,9-11,16,19,22-23H,7-8,12-15,17H2,1H3,(H,31,33)(H,34,35). The van der Waals surface area contributed by atoms with Crippen LogP contribution in [-0.4, -0.2) is 32.8 Å². The molecule has 2 N–H and O–H groups in total. The van der Waals surface area contributed by atoms with Crippen molar-refractivity contribution in [2.75, 3.05) is 0 Å². The number of nitrogens with zero attached hydrogens (tertiary/aromatic N) is 2. The van der Waals surface area contributed by atoms with Crippen LogP contribution in [0.4, 0.5) is 0 Å². The summed E-state index contributed by atoms with van der Waals surface area (Å²) < 4.78 is 1.92. The van der Waals surface area contributed by atoms with Gasteiger partial charge in [-0.15, -0.1) is 5.92 Å². The van der Waals surface area contributed by atoms with Crippen LogP contribution in [0.5, 0.6) is 0 Å². The SMILES string of the molecule is CC#Cc1ccc(C(=O)NC2CC3(C2)CC(C(=O)O)C3)c2c1cnn2Cc1cccc(C2CC2)c1. The number of aliphatic carboxylic acids is 1. The summed E-state index contributed by atoms with van der Waals surface area (Å²) in [5.41, 5.74) is 4.96. The van der Waals surface area contributed by atoms with E-state index in [-0.39, 0.29) is 23.3 Å². The molecule has 6 rings (SSSR count). The van der Waals surface area contributed by atoms with E-state index in [1.165, 1.54) is 24.0 Å². The number of carbonyl (C=O) groups is 2. The van der Waals surface area contributed by atoms with E-state index >= 15 is 0 Å². The Hall–Kier alpha value is -3.59. The van der Waals surface area contributed by atoms with E-state index in [2.05, 4.69) is 46.5 Å². The molecule has 1 spiro atoms. The number of nitrogens with one attached hydrogen (secondary N) is 1. The molecule has 1 aromatic heterocycles. The molecule has 3 saturated carbocycles. The smallest absolute Gasteiger partial charge is 0.306 e. The maximum atomic E-state index is 13.4. The van der Waals surface area contributed by atoms with Gasteiger partial charge >= 0.3 is 5.97 Å². The second-order valence-corrected chi connectivity index (χ2v) is 10.6. The number of amides is 1. The van der Waals surface area contributed by atoms with E-state index in [0.717, 1.165) is 42.1 Å². The van der Waals surface area contributed by atoms with Gasteiger partial charge in [0.1, 0.15) is 0 Å². The van der Waals surface area contributed by atoms with Crippen LogP contribution in [0.15, 0.2) is 42.6 Å². The van der Waals surface area contributed by atoms with Crippen molar-refractivity contribution in [1.29, 1.82) is 0 Å². The van der Waals surface area contributed by atoms with Crippen molar-refractivity contribution in [2.24, 2.45) is 11.3 Å². The quantitative estimate of drug-likeness (QED) is 0.515. The Morgan fingerprint density at radius 1 is 1.17 bits per heavy atom. The molecule has 35 heavy (non-hydrogen) atoms. The zero-order valence-corrected chi connectivity index (χ0v) is 19.9. The highest BCUT2D eigenvalue weighted by atomic mass is 16.4. The van der Waals surface area contributed by atoms with E-state index in [1.807, 2.05) is 29.9 Å². The van der Waals surface area contributed by atoms with Crippen molar-refractivity contribution in [3.63, 3.8) is 0 Å². The molecule has 3 aliphatic rings. The first-order valence-corrected chi connectivity index (χ1v) is 12.5. The molecule has 0 atom stereocenters. The molecule has 3 aliphatic carbocycles. The lowest BCUT2D eigenvalue weighted by atomic mass is 9.50. The van der Waals surface area contributed by atoms with Gasteiger partial charge in [-0.3, -0.25) is 14.3 Å². The van der Waals surface area contributed by atoms with E-state index in [1.54, 1.807) is 0 Å². The fraction of sp³-hybridized carbons (Fsp3) is 0.414. The highest BCUT2D eigenvalue weighted by molar-refractivity contribution is 6.07. The molecule has 2 aromatic carbocycles. The van der Waals surface area contributed by atoms with Crippen LogP contribution < -0.4 is 5.32 Å². The van der Waals surface area contributed by atoms with Crippen LogP contribution in [0.25, 0.3) is 10.9 Å². The van der Waals surface area contributed by atoms with Crippen molar-refractivity contribution < 1.29 is 14.7 Å². The van der Waals surface area contributed by atoms with Crippen LogP contribution >= 0.6 is 0 Å². The van der Waals surface area contributed by atoms with Gasteiger partial charge in [0.05, 0.1) is 29.7 Å². The first kappa shape index (κ1) is 21.9. The van der Waals surface area contributed by atoms with Gasteiger partial charge < -0.3 is 10.4 Å². The van der Waals surface area contributed by atoms with E-state index < -0.39 is 5.97 Å². The zero-order chi connectivity index (χ0) is 24.2. The molecule has 178 valence electrons. The maximum Gasteiger partial charge on any atom is 0.306 e. The summed E-state index contributed by atoms with van der Waals surface area (Å²) >= 11 is 0. The second kappa shape index (κ2) is 8.27. The molecule has 3 fully saturated rings. The Balaban J connectivity index is 1.25. The minimum atomic E-state index is -0.697. The molecule has 0 radical (unpaired) electrons. The Bertz CT molecular complexity index is 1390. The maximum absolute atomic E-state index is 13.4. The number of carboxylic acid groups (broad SMARTS) is 1. The lowest BCUT2D eigenvalue weighted by molar-refractivity contribution is -0.155. The number of carbonyl (C=O) groups excluding carboxylic acids is 1. The molecule has 6 nitrogen and oxygen atoms in total. The van der Waals surface area contributed by atoms with Crippen molar-refractivity contribution in [3.8, 4) is 11.8 Å². The third-order valence-electron chi connectivity index (χ3n) is 8.04. The Morgan fingerprint density at radius 2 is 1.97 bits per heavy atom. The summed E-state index contributed by atoms with van der Waals surface area (Å²) in [6.07, 6.45) is 7.52. The van der Waals surface area contributed by atoms with E-state index in [9.17, 15) is 14.7 Å². The van der Waals surface area contributed by atoms with Crippen LogP contribution in [0, 0.1) is 23.2 Å². The number of rotatable bonds is 6. The summed E-state index contributed by atoms with van der Waals surface area (Å²) in [6.45, 7) is 2.40. The van der Waals surface area contributed by atoms with Crippen LogP contribution in [0.1, 0.15) is 78.4 Å². The van der Waals surface area contributed by atoms with Gasteiger partial charge in [-0.2, -0.15) is 5.10 Å². The van der Waals surface area contributed by atoms with Gasteiger partial charge in [-0.1, -0.05) is 30.2 Å². The number of hydrogen-bond acceptors (Lipinski definition) is 3. The third kappa shape index (κ3) is 3.99. The summed E-state index contributed by atoms with van der Waals surface area (Å²) in [7, 11) is 0. The molecule has 0 bridgehead atoms. The fourth-order valence-electron chi connectivity index (χ4n) is 6.13. The summed E-state index contributed by atoms with van der Waals surface area (Å²) in [5.74, 6) is 5.78. The molecular formula is C29H29N3O3. The van der Waals surface area contributed by atoms with Crippen molar-refractivity contribution in [2.45, 2.75) is 64.0 Å². The number of aromatic nitrogens is 2. The van der Waals surface area contributed by atoms with E-state index in [4.69, 9.17) is 0 Å². The van der Waals surface area contributed by atoms with Crippen LogP contribution in [-0.2, 0) is 11.3 Å². The largest absolute Gasteiger partial charge is 0.481 e.